The number of ether oxygens (including phenoxy) is 1. The largest absolute Gasteiger partial charge is 0.373 e. The fraction of sp³-hybridized carbons (Fsp3) is 0.500. The molecule has 1 aliphatic carbocycles. The van der Waals surface area contributed by atoms with Gasteiger partial charge in [0.25, 0.3) is 0 Å². The molecule has 1 fully saturated rings. The summed E-state index contributed by atoms with van der Waals surface area (Å²) in [5, 5.41) is 6.95. The summed E-state index contributed by atoms with van der Waals surface area (Å²) in [4.78, 5) is 4.34. The van der Waals surface area contributed by atoms with Gasteiger partial charge in [-0.15, -0.1) is 24.0 Å². The average molecular weight is 427 g/mol. The molecular weight excluding hydrogens is 401 g/mol. The van der Waals surface area contributed by atoms with Crippen LogP contribution in [-0.2, 0) is 4.74 Å². The number of hydrogen-bond donors (Lipinski definition) is 2. The van der Waals surface area contributed by atoms with Gasteiger partial charge in [-0.3, -0.25) is 4.99 Å². The Labute approximate surface area is 155 Å². The zero-order chi connectivity index (χ0) is 15.2. The van der Waals surface area contributed by atoms with E-state index in [1.165, 1.54) is 5.56 Å². The number of halogens is 1. The molecule has 1 aliphatic heterocycles. The summed E-state index contributed by atoms with van der Waals surface area (Å²) >= 11 is 0. The van der Waals surface area contributed by atoms with Gasteiger partial charge in [0.1, 0.15) is 0 Å². The number of nitrogens with zero attached hydrogens (tertiary/aromatic N) is 1. The molecule has 4 nitrogen and oxygen atoms in total. The van der Waals surface area contributed by atoms with Gasteiger partial charge in [0.2, 0.25) is 0 Å². The van der Waals surface area contributed by atoms with E-state index in [0.717, 1.165) is 38.4 Å². The molecule has 2 N–H and O–H groups in total. The molecule has 23 heavy (non-hydrogen) atoms. The smallest absolute Gasteiger partial charge is 0.191 e. The Hall–Kier alpha value is -1.08. The Morgan fingerprint density at radius 2 is 1.96 bits per heavy atom. The molecule has 0 aromatic heterocycles. The number of rotatable bonds is 4. The summed E-state index contributed by atoms with van der Waals surface area (Å²) in [7, 11) is 1.83. The summed E-state index contributed by atoms with van der Waals surface area (Å²) in [6.45, 7) is 1.73. The lowest BCUT2D eigenvalue weighted by atomic mass is 9.95. The van der Waals surface area contributed by atoms with Crippen LogP contribution in [0.2, 0.25) is 0 Å². The van der Waals surface area contributed by atoms with E-state index in [1.807, 2.05) is 13.1 Å². The van der Waals surface area contributed by atoms with Crippen molar-refractivity contribution < 1.29 is 4.74 Å². The van der Waals surface area contributed by atoms with Gasteiger partial charge in [0.15, 0.2) is 5.96 Å². The van der Waals surface area contributed by atoms with Crippen molar-refractivity contribution in [1.82, 2.24) is 10.6 Å². The Balaban J connectivity index is 0.00000192. The second-order valence-electron chi connectivity index (χ2n) is 5.99. The minimum absolute atomic E-state index is 0. The van der Waals surface area contributed by atoms with Crippen LogP contribution in [0.25, 0.3) is 0 Å². The normalized spacial score (nSPS) is 24.5. The molecule has 2 atom stereocenters. The maximum atomic E-state index is 5.94. The van der Waals surface area contributed by atoms with Crippen molar-refractivity contribution in [3.8, 4) is 0 Å². The van der Waals surface area contributed by atoms with Crippen LogP contribution in [0.3, 0.4) is 0 Å². The Morgan fingerprint density at radius 1 is 1.22 bits per heavy atom. The second kappa shape index (κ2) is 9.27. The summed E-state index contributed by atoms with van der Waals surface area (Å²) in [6, 6.07) is 11.0. The van der Waals surface area contributed by atoms with Gasteiger partial charge in [0.05, 0.1) is 6.10 Å². The first kappa shape index (κ1) is 18.3. The number of hydrogen-bond acceptors (Lipinski definition) is 2. The second-order valence-corrected chi connectivity index (χ2v) is 5.99. The van der Waals surface area contributed by atoms with Crippen LogP contribution in [0.4, 0.5) is 0 Å². The van der Waals surface area contributed by atoms with E-state index in [1.54, 1.807) is 0 Å². The molecule has 1 aromatic rings. The van der Waals surface area contributed by atoms with Gasteiger partial charge < -0.3 is 15.4 Å². The van der Waals surface area contributed by atoms with Gasteiger partial charge in [-0.2, -0.15) is 0 Å². The van der Waals surface area contributed by atoms with E-state index in [-0.39, 0.29) is 30.1 Å². The lowest BCUT2D eigenvalue weighted by molar-refractivity contribution is 0.0915. The van der Waals surface area contributed by atoms with Gasteiger partial charge in [-0.05, 0) is 24.8 Å². The molecule has 0 spiro atoms. The highest BCUT2D eigenvalue weighted by atomic mass is 127. The molecule has 1 saturated heterocycles. The van der Waals surface area contributed by atoms with E-state index in [9.17, 15) is 0 Å². The van der Waals surface area contributed by atoms with Crippen molar-refractivity contribution in [2.45, 2.75) is 31.4 Å². The summed E-state index contributed by atoms with van der Waals surface area (Å²) in [6.07, 6.45) is 7.90. The Kier molecular flexibility index (Phi) is 7.36. The number of benzene rings is 1. The average Bonchev–Trinajstić information content (AvgIpc) is 3.23. The third-order valence-electron chi connectivity index (χ3n) is 4.45. The van der Waals surface area contributed by atoms with E-state index < -0.39 is 0 Å². The first-order valence-electron chi connectivity index (χ1n) is 8.15. The molecule has 3 rings (SSSR count). The zero-order valence-electron chi connectivity index (χ0n) is 13.6. The van der Waals surface area contributed by atoms with Gasteiger partial charge in [-0.25, -0.2) is 0 Å². The predicted octanol–water partition coefficient (Wildman–Crippen LogP) is 3.27. The van der Waals surface area contributed by atoms with Crippen LogP contribution < -0.4 is 10.6 Å². The molecule has 1 aromatic carbocycles. The molecule has 0 amide bonds. The summed E-state index contributed by atoms with van der Waals surface area (Å²) in [5.74, 6) is 1.38. The molecule has 0 radical (unpaired) electrons. The maximum Gasteiger partial charge on any atom is 0.191 e. The quantitative estimate of drug-likeness (QED) is 0.336. The van der Waals surface area contributed by atoms with Crippen LogP contribution in [0.5, 0.6) is 0 Å². The van der Waals surface area contributed by atoms with Gasteiger partial charge in [0, 0.05) is 32.2 Å². The lowest BCUT2D eigenvalue weighted by Crippen LogP contribution is -2.44. The number of nitrogens with one attached hydrogen (secondary N) is 2. The topological polar surface area (TPSA) is 45.7 Å². The van der Waals surface area contributed by atoms with Crippen LogP contribution in [0.15, 0.2) is 47.5 Å². The third-order valence-corrected chi connectivity index (χ3v) is 4.45. The Bertz CT molecular complexity index is 524. The molecule has 2 aliphatic rings. The molecule has 5 heteroatoms. The minimum atomic E-state index is 0. The number of aliphatic imine (C=N–C) groups is 1. The SMILES string of the molecule is CN=C(NCC1CCOC1c1ccccc1)NC1CC=CC1.I. The van der Waals surface area contributed by atoms with Gasteiger partial charge >= 0.3 is 0 Å². The highest BCUT2D eigenvalue weighted by Crippen LogP contribution is 2.33. The van der Waals surface area contributed by atoms with Crippen LogP contribution >= 0.6 is 24.0 Å². The van der Waals surface area contributed by atoms with E-state index >= 15 is 0 Å². The van der Waals surface area contributed by atoms with Crippen LogP contribution in [0, 0.1) is 5.92 Å². The molecular formula is C18H26IN3O. The van der Waals surface area contributed by atoms with Gasteiger partial charge in [-0.1, -0.05) is 42.5 Å². The first-order chi connectivity index (χ1) is 10.9. The van der Waals surface area contributed by atoms with Crippen molar-refractivity contribution in [2.24, 2.45) is 10.9 Å². The maximum absolute atomic E-state index is 5.94. The standard InChI is InChI=1S/C18H25N3O.HI/c1-19-18(21-16-9-5-6-10-16)20-13-15-11-12-22-17(15)14-7-3-2-4-8-14;/h2-8,15-17H,9-13H2,1H3,(H2,19,20,21);1H. The Morgan fingerprint density at radius 3 is 2.65 bits per heavy atom. The molecule has 0 bridgehead atoms. The minimum Gasteiger partial charge on any atom is -0.373 e. The fourth-order valence-electron chi connectivity index (χ4n) is 3.20. The number of guanidine groups is 1. The predicted molar refractivity (Wildman–Crippen MR) is 105 cm³/mol. The van der Waals surface area contributed by atoms with Crippen molar-refractivity contribution >= 4 is 29.9 Å². The highest BCUT2D eigenvalue weighted by molar-refractivity contribution is 14.0. The summed E-state index contributed by atoms with van der Waals surface area (Å²) < 4.78 is 5.94. The van der Waals surface area contributed by atoms with Crippen LogP contribution in [0.1, 0.15) is 30.9 Å². The molecule has 2 unspecified atom stereocenters. The van der Waals surface area contributed by atoms with Crippen molar-refractivity contribution in [2.75, 3.05) is 20.2 Å². The van der Waals surface area contributed by atoms with Crippen molar-refractivity contribution in [1.29, 1.82) is 0 Å². The van der Waals surface area contributed by atoms with E-state index in [0.29, 0.717) is 12.0 Å². The molecule has 126 valence electrons. The molecule has 0 saturated carbocycles. The third kappa shape index (κ3) is 4.94. The van der Waals surface area contributed by atoms with Crippen LogP contribution in [-0.4, -0.2) is 32.2 Å². The first-order valence-corrected chi connectivity index (χ1v) is 8.15. The molecule has 1 heterocycles. The van der Waals surface area contributed by atoms with E-state index in [2.05, 4.69) is 52.0 Å². The highest BCUT2D eigenvalue weighted by Gasteiger charge is 2.29. The lowest BCUT2D eigenvalue weighted by Gasteiger charge is -2.22. The van der Waals surface area contributed by atoms with Crippen molar-refractivity contribution in [3.05, 3.63) is 48.0 Å². The van der Waals surface area contributed by atoms with Crippen molar-refractivity contribution in [3.63, 3.8) is 0 Å². The monoisotopic (exact) mass is 427 g/mol. The van der Waals surface area contributed by atoms with E-state index in [4.69, 9.17) is 4.74 Å². The zero-order valence-corrected chi connectivity index (χ0v) is 15.9. The fourth-order valence-corrected chi connectivity index (χ4v) is 3.20. The summed E-state index contributed by atoms with van der Waals surface area (Å²) in [5.41, 5.74) is 1.27.